The molecule has 9 nitrogen and oxygen atoms in total. The second-order valence-corrected chi connectivity index (χ2v) is 10.2. The van der Waals surface area contributed by atoms with Gasteiger partial charge in [0.15, 0.2) is 11.5 Å². The molecule has 1 fully saturated rings. The minimum atomic E-state index is -0.575. The summed E-state index contributed by atoms with van der Waals surface area (Å²) in [5.74, 6) is 0.967. The van der Waals surface area contributed by atoms with E-state index in [9.17, 15) is 5.11 Å². The number of aromatic nitrogens is 7. The topological polar surface area (TPSA) is 128 Å². The molecule has 0 saturated heterocycles. The van der Waals surface area contributed by atoms with Crippen LogP contribution in [-0.4, -0.2) is 46.5 Å². The van der Waals surface area contributed by atoms with Gasteiger partial charge in [0.1, 0.15) is 11.9 Å². The molecule has 0 bridgehead atoms. The Morgan fingerprint density at radius 3 is 2.62 bits per heavy atom. The molecule has 1 aliphatic rings. The third-order valence-corrected chi connectivity index (χ3v) is 7.63. The first-order valence-corrected chi connectivity index (χ1v) is 13.4. The number of para-hydroxylation sites is 1. The number of anilines is 1. The molecule has 1 unspecified atom stereocenters. The van der Waals surface area contributed by atoms with E-state index >= 15 is 0 Å². The quantitative estimate of drug-likeness (QED) is 0.202. The summed E-state index contributed by atoms with van der Waals surface area (Å²) in [7, 11) is 0. The molecule has 0 spiro atoms. The van der Waals surface area contributed by atoms with Crippen molar-refractivity contribution in [3.05, 3.63) is 73.4 Å². The number of pyridine rings is 3. The lowest BCUT2D eigenvalue weighted by atomic mass is 9.88. The lowest BCUT2D eigenvalue weighted by Crippen LogP contribution is -2.30. The highest BCUT2D eigenvalue weighted by molar-refractivity contribution is 5.97. The van der Waals surface area contributed by atoms with Gasteiger partial charge in [-0.3, -0.25) is 15.1 Å². The first-order chi connectivity index (χ1) is 19.2. The number of aliphatic hydroxyl groups excluding tert-OH is 1. The maximum absolute atomic E-state index is 10.7. The largest absolute Gasteiger partial charge is 0.374 e. The third kappa shape index (κ3) is 4.51. The molecule has 7 rings (SSSR count). The van der Waals surface area contributed by atoms with Crippen molar-refractivity contribution in [3.63, 3.8) is 0 Å². The van der Waals surface area contributed by atoms with Crippen molar-refractivity contribution in [3.8, 4) is 33.8 Å². The highest BCUT2D eigenvalue weighted by Gasteiger charge is 2.22. The molecule has 5 aromatic heterocycles. The normalized spacial score (nSPS) is 15.1. The van der Waals surface area contributed by atoms with E-state index in [2.05, 4.69) is 47.6 Å². The van der Waals surface area contributed by atoms with Gasteiger partial charge in [-0.05, 0) is 48.7 Å². The van der Waals surface area contributed by atoms with E-state index in [0.717, 1.165) is 62.9 Å². The first kappa shape index (κ1) is 23.5. The molecule has 0 aliphatic heterocycles. The smallest absolute Gasteiger partial charge is 0.181 e. The van der Waals surface area contributed by atoms with Crippen LogP contribution in [0.3, 0.4) is 0 Å². The minimum Gasteiger partial charge on any atom is -0.374 e. The second kappa shape index (κ2) is 9.92. The van der Waals surface area contributed by atoms with E-state index in [1.807, 2.05) is 36.5 Å². The Morgan fingerprint density at radius 1 is 0.897 bits per heavy atom. The molecular formula is C30H28N8O. The lowest BCUT2D eigenvalue weighted by Gasteiger charge is -2.27. The van der Waals surface area contributed by atoms with Crippen LogP contribution in [0.4, 0.5) is 5.69 Å². The number of nitrogens with zero attached hydrogens (tertiary/aromatic N) is 5. The molecular weight excluding hydrogens is 488 g/mol. The Hall–Kier alpha value is -4.63. The summed E-state index contributed by atoms with van der Waals surface area (Å²) < 4.78 is 0. The van der Waals surface area contributed by atoms with Crippen LogP contribution in [0.1, 0.15) is 32.1 Å². The van der Waals surface area contributed by atoms with E-state index in [0.29, 0.717) is 11.5 Å². The van der Waals surface area contributed by atoms with Crippen molar-refractivity contribution in [2.75, 3.05) is 5.32 Å². The molecule has 1 aliphatic carbocycles. The number of imidazole rings is 1. The second-order valence-electron chi connectivity index (χ2n) is 10.2. The molecule has 9 heteroatoms. The van der Waals surface area contributed by atoms with Gasteiger partial charge in [0.05, 0.1) is 28.3 Å². The van der Waals surface area contributed by atoms with E-state index in [4.69, 9.17) is 4.98 Å². The lowest BCUT2D eigenvalue weighted by molar-refractivity contribution is 0.109. The van der Waals surface area contributed by atoms with Crippen LogP contribution in [0, 0.1) is 5.92 Å². The highest BCUT2D eigenvalue weighted by atomic mass is 16.3. The third-order valence-electron chi connectivity index (χ3n) is 7.63. The van der Waals surface area contributed by atoms with Gasteiger partial charge in [-0.25, -0.2) is 9.97 Å². The van der Waals surface area contributed by atoms with Crippen LogP contribution in [0.5, 0.6) is 0 Å². The van der Waals surface area contributed by atoms with Crippen molar-refractivity contribution >= 4 is 27.8 Å². The van der Waals surface area contributed by atoms with Gasteiger partial charge in [-0.1, -0.05) is 31.4 Å². The summed E-state index contributed by atoms with van der Waals surface area (Å²) in [6.07, 6.45) is 14.1. The molecule has 1 saturated carbocycles. The Morgan fingerprint density at radius 2 is 1.74 bits per heavy atom. The van der Waals surface area contributed by atoms with Crippen LogP contribution in [-0.2, 0) is 0 Å². The SMILES string of the molecule is OC(Nc1cncc(-c2cnc3n[nH]c(-c4nc5c(-c6ccncc6)cccc5[nH]4)c3c2)c1)C1CCCCC1. The molecule has 39 heavy (non-hydrogen) atoms. The number of nitrogens with one attached hydrogen (secondary N) is 3. The van der Waals surface area contributed by atoms with Gasteiger partial charge in [-0.15, -0.1) is 0 Å². The van der Waals surface area contributed by atoms with Crippen molar-refractivity contribution in [2.45, 2.75) is 38.3 Å². The number of aliphatic hydroxyl groups is 1. The van der Waals surface area contributed by atoms with Crippen molar-refractivity contribution < 1.29 is 5.11 Å². The van der Waals surface area contributed by atoms with Crippen LogP contribution in [0.15, 0.2) is 73.4 Å². The molecule has 0 radical (unpaired) electrons. The number of H-pyrrole nitrogens is 2. The summed E-state index contributed by atoms with van der Waals surface area (Å²) >= 11 is 0. The van der Waals surface area contributed by atoms with E-state index < -0.39 is 6.23 Å². The zero-order valence-corrected chi connectivity index (χ0v) is 21.3. The number of rotatable bonds is 6. The summed E-state index contributed by atoms with van der Waals surface area (Å²) in [6, 6.07) is 14.1. The summed E-state index contributed by atoms with van der Waals surface area (Å²) in [4.78, 5) is 21.6. The van der Waals surface area contributed by atoms with Gasteiger partial charge in [-0.2, -0.15) is 5.10 Å². The van der Waals surface area contributed by atoms with Gasteiger partial charge in [0, 0.05) is 47.4 Å². The number of hydrogen-bond donors (Lipinski definition) is 4. The Bertz CT molecular complexity index is 1750. The number of benzene rings is 1. The molecule has 194 valence electrons. The predicted octanol–water partition coefficient (Wildman–Crippen LogP) is 5.94. The predicted molar refractivity (Wildman–Crippen MR) is 152 cm³/mol. The number of fused-ring (bicyclic) bond motifs is 2. The molecule has 0 amide bonds. The Kier molecular flexibility index (Phi) is 5.97. The average Bonchev–Trinajstić information content (AvgIpc) is 3.62. The van der Waals surface area contributed by atoms with Crippen LogP contribution >= 0.6 is 0 Å². The summed E-state index contributed by atoms with van der Waals surface area (Å²) in [5.41, 5.74) is 7.89. The van der Waals surface area contributed by atoms with Gasteiger partial charge < -0.3 is 15.4 Å². The van der Waals surface area contributed by atoms with Gasteiger partial charge in [0.25, 0.3) is 0 Å². The Labute approximate surface area is 224 Å². The molecule has 4 N–H and O–H groups in total. The molecule has 6 aromatic rings. The maximum Gasteiger partial charge on any atom is 0.181 e. The van der Waals surface area contributed by atoms with Crippen LogP contribution < -0.4 is 5.32 Å². The standard InChI is InChI=1S/C30H28N8O/c39-30(19-5-2-1-3-6-19)34-22-13-20(15-32-17-22)21-14-24-27(37-38-28(24)33-16-21)29-35-25-8-4-7-23(26(25)36-29)18-9-11-31-12-10-18/h4,7-17,19,30,34,39H,1-3,5-6H2,(H,35,36)(H,33,37,38). The Balaban J connectivity index is 1.22. The zero-order chi connectivity index (χ0) is 26.2. The average molecular weight is 517 g/mol. The van der Waals surface area contributed by atoms with E-state index in [1.165, 1.54) is 19.3 Å². The van der Waals surface area contributed by atoms with Gasteiger partial charge >= 0.3 is 0 Å². The van der Waals surface area contributed by atoms with Crippen molar-refractivity contribution in [1.82, 2.24) is 35.1 Å². The van der Waals surface area contributed by atoms with Crippen LogP contribution in [0.25, 0.3) is 55.8 Å². The monoisotopic (exact) mass is 516 g/mol. The first-order valence-electron chi connectivity index (χ1n) is 13.4. The van der Waals surface area contributed by atoms with E-state index in [-0.39, 0.29) is 5.92 Å². The summed E-state index contributed by atoms with van der Waals surface area (Å²) in [5, 5.41) is 22.4. The molecule has 1 atom stereocenters. The fourth-order valence-corrected chi connectivity index (χ4v) is 5.57. The highest BCUT2D eigenvalue weighted by Crippen LogP contribution is 2.33. The van der Waals surface area contributed by atoms with Crippen LogP contribution in [0.2, 0.25) is 0 Å². The fraction of sp³-hybridized carbons (Fsp3) is 0.233. The number of hydrogen-bond acceptors (Lipinski definition) is 7. The van der Waals surface area contributed by atoms with Crippen molar-refractivity contribution in [1.29, 1.82) is 0 Å². The molecule has 1 aromatic carbocycles. The fourth-order valence-electron chi connectivity index (χ4n) is 5.57. The van der Waals surface area contributed by atoms with Crippen molar-refractivity contribution in [2.24, 2.45) is 5.92 Å². The zero-order valence-electron chi connectivity index (χ0n) is 21.3. The van der Waals surface area contributed by atoms with Gasteiger partial charge in [0.2, 0.25) is 0 Å². The molecule has 5 heterocycles. The summed E-state index contributed by atoms with van der Waals surface area (Å²) in [6.45, 7) is 0. The van der Waals surface area contributed by atoms with E-state index in [1.54, 1.807) is 24.8 Å². The minimum absolute atomic E-state index is 0.275. The maximum atomic E-state index is 10.7. The number of aromatic amines is 2.